The molecular weight excluding hydrogens is 306 g/mol. The molecule has 2 atom stereocenters. The third kappa shape index (κ3) is 3.71. The summed E-state index contributed by atoms with van der Waals surface area (Å²) >= 11 is 0. The molecule has 2 aromatic rings. The molecule has 0 saturated carbocycles. The molecule has 24 heavy (non-hydrogen) atoms. The highest BCUT2D eigenvalue weighted by Crippen LogP contribution is 2.31. The van der Waals surface area contributed by atoms with E-state index < -0.39 is 5.97 Å². The molecule has 0 amide bonds. The van der Waals surface area contributed by atoms with Crippen LogP contribution in [0.5, 0.6) is 0 Å². The van der Waals surface area contributed by atoms with Crippen molar-refractivity contribution in [2.45, 2.75) is 38.4 Å². The van der Waals surface area contributed by atoms with Gasteiger partial charge in [0.05, 0.1) is 12.2 Å². The number of aromatic carboxylic acids is 1. The fraction of sp³-hybridized carbons (Fsp3) is 0.389. The Balaban J connectivity index is 1.63. The van der Waals surface area contributed by atoms with Crippen molar-refractivity contribution < 1.29 is 14.6 Å². The van der Waals surface area contributed by atoms with Gasteiger partial charge in [0, 0.05) is 12.1 Å². The number of benzene rings is 1. The van der Waals surface area contributed by atoms with Crippen LogP contribution in [0.25, 0.3) is 0 Å². The minimum absolute atomic E-state index is 0.0271. The summed E-state index contributed by atoms with van der Waals surface area (Å²) in [5.74, 6) is -0.496. The summed E-state index contributed by atoms with van der Waals surface area (Å²) in [4.78, 5) is 19.1. The van der Waals surface area contributed by atoms with Crippen molar-refractivity contribution in [3.8, 4) is 0 Å². The molecule has 1 saturated heterocycles. The zero-order valence-electron chi connectivity index (χ0n) is 13.6. The quantitative estimate of drug-likeness (QED) is 0.877. The van der Waals surface area contributed by atoms with E-state index in [1.807, 2.05) is 18.2 Å². The van der Waals surface area contributed by atoms with E-state index in [1.165, 1.54) is 11.9 Å². The molecule has 2 N–H and O–H groups in total. The Bertz CT molecular complexity index is 706. The van der Waals surface area contributed by atoms with Gasteiger partial charge in [0.15, 0.2) is 5.69 Å². The van der Waals surface area contributed by atoms with E-state index in [9.17, 15) is 4.79 Å². The maximum absolute atomic E-state index is 11.1. The van der Waals surface area contributed by atoms with E-state index in [-0.39, 0.29) is 17.9 Å². The van der Waals surface area contributed by atoms with Crippen molar-refractivity contribution in [2.24, 2.45) is 0 Å². The van der Waals surface area contributed by atoms with Crippen LogP contribution in [-0.4, -0.2) is 33.7 Å². The molecule has 3 rings (SSSR count). The van der Waals surface area contributed by atoms with Crippen LogP contribution in [0.1, 0.15) is 47.0 Å². The maximum atomic E-state index is 11.1. The molecule has 126 valence electrons. The largest absolute Gasteiger partial charge is 0.476 e. The van der Waals surface area contributed by atoms with Gasteiger partial charge >= 0.3 is 5.97 Å². The maximum Gasteiger partial charge on any atom is 0.354 e. The Labute approximate surface area is 140 Å². The lowest BCUT2D eigenvalue weighted by molar-refractivity contribution is -0.0442. The standard InChI is InChI=1S/C18H21N3O3/c1-12-16(18(22)23)20-11-21-17(12)19-10-14-8-5-9-15(24-14)13-6-3-2-4-7-13/h2-4,6-7,11,14-15H,5,8-10H2,1H3,(H,22,23)(H,19,20,21). The molecule has 1 aromatic carbocycles. The van der Waals surface area contributed by atoms with Crippen molar-refractivity contribution in [3.63, 3.8) is 0 Å². The zero-order valence-corrected chi connectivity index (χ0v) is 13.6. The van der Waals surface area contributed by atoms with Crippen LogP contribution < -0.4 is 5.32 Å². The number of ether oxygens (including phenoxy) is 1. The summed E-state index contributed by atoms with van der Waals surface area (Å²) in [5, 5.41) is 12.3. The lowest BCUT2D eigenvalue weighted by Crippen LogP contribution is -2.29. The van der Waals surface area contributed by atoms with Gasteiger partial charge in [-0.2, -0.15) is 0 Å². The van der Waals surface area contributed by atoms with Crippen molar-refractivity contribution in [1.82, 2.24) is 9.97 Å². The third-order valence-corrected chi connectivity index (χ3v) is 4.30. The zero-order chi connectivity index (χ0) is 16.9. The molecule has 6 heteroatoms. The molecule has 0 radical (unpaired) electrons. The van der Waals surface area contributed by atoms with Gasteiger partial charge in [0.25, 0.3) is 0 Å². The summed E-state index contributed by atoms with van der Waals surface area (Å²) in [6.45, 7) is 2.31. The van der Waals surface area contributed by atoms with Gasteiger partial charge in [0.1, 0.15) is 12.1 Å². The number of nitrogens with one attached hydrogen (secondary N) is 1. The van der Waals surface area contributed by atoms with Crippen molar-refractivity contribution in [2.75, 3.05) is 11.9 Å². The van der Waals surface area contributed by atoms with Crippen LogP contribution in [-0.2, 0) is 4.74 Å². The Hall–Kier alpha value is -2.47. The van der Waals surface area contributed by atoms with Gasteiger partial charge in [-0.05, 0) is 31.7 Å². The first-order chi connectivity index (χ1) is 11.6. The van der Waals surface area contributed by atoms with Crippen LogP contribution in [0.2, 0.25) is 0 Å². The normalized spacial score (nSPS) is 20.5. The minimum atomic E-state index is -1.05. The lowest BCUT2D eigenvalue weighted by atomic mass is 9.98. The molecule has 1 aromatic heterocycles. The van der Waals surface area contributed by atoms with E-state index in [4.69, 9.17) is 9.84 Å². The average Bonchev–Trinajstić information content (AvgIpc) is 2.61. The van der Waals surface area contributed by atoms with Crippen molar-refractivity contribution in [3.05, 3.63) is 53.5 Å². The highest BCUT2D eigenvalue weighted by Gasteiger charge is 2.24. The fourth-order valence-corrected chi connectivity index (χ4v) is 3.02. The van der Waals surface area contributed by atoms with Crippen LogP contribution in [0.15, 0.2) is 36.7 Å². The topological polar surface area (TPSA) is 84.3 Å². The number of hydrogen-bond donors (Lipinski definition) is 2. The average molecular weight is 327 g/mol. The second-order valence-electron chi connectivity index (χ2n) is 5.97. The molecule has 0 bridgehead atoms. The number of rotatable bonds is 5. The second-order valence-corrected chi connectivity index (χ2v) is 5.97. The Morgan fingerprint density at radius 2 is 2.08 bits per heavy atom. The molecule has 1 aliphatic rings. The van der Waals surface area contributed by atoms with Gasteiger partial charge < -0.3 is 15.2 Å². The van der Waals surface area contributed by atoms with E-state index in [2.05, 4.69) is 27.4 Å². The number of carboxylic acid groups (broad SMARTS) is 1. The minimum Gasteiger partial charge on any atom is -0.476 e. The number of carbonyl (C=O) groups is 1. The van der Waals surface area contributed by atoms with Gasteiger partial charge in [-0.25, -0.2) is 14.8 Å². The molecule has 1 aliphatic heterocycles. The first kappa shape index (κ1) is 16.4. The van der Waals surface area contributed by atoms with Gasteiger partial charge in [-0.1, -0.05) is 30.3 Å². The van der Waals surface area contributed by atoms with Crippen LogP contribution >= 0.6 is 0 Å². The summed E-state index contributed by atoms with van der Waals surface area (Å²) in [6.07, 6.45) is 4.57. The number of nitrogens with zero attached hydrogens (tertiary/aromatic N) is 2. The lowest BCUT2D eigenvalue weighted by Gasteiger charge is -2.30. The number of aromatic nitrogens is 2. The van der Waals surface area contributed by atoms with Crippen molar-refractivity contribution >= 4 is 11.8 Å². The molecule has 0 spiro atoms. The second kappa shape index (κ2) is 7.40. The van der Waals surface area contributed by atoms with Crippen LogP contribution in [0.3, 0.4) is 0 Å². The van der Waals surface area contributed by atoms with E-state index >= 15 is 0 Å². The predicted octanol–water partition coefficient (Wildman–Crippen LogP) is 3.21. The monoisotopic (exact) mass is 327 g/mol. The first-order valence-corrected chi connectivity index (χ1v) is 8.14. The van der Waals surface area contributed by atoms with Crippen LogP contribution in [0.4, 0.5) is 5.82 Å². The highest BCUT2D eigenvalue weighted by atomic mass is 16.5. The third-order valence-electron chi connectivity index (χ3n) is 4.30. The fourth-order valence-electron chi connectivity index (χ4n) is 3.02. The number of hydrogen-bond acceptors (Lipinski definition) is 5. The smallest absolute Gasteiger partial charge is 0.354 e. The highest BCUT2D eigenvalue weighted by molar-refractivity contribution is 5.88. The Morgan fingerprint density at radius 1 is 1.29 bits per heavy atom. The summed E-state index contributed by atoms with van der Waals surface area (Å²) in [6, 6.07) is 10.2. The molecule has 1 fully saturated rings. The Kier molecular flexibility index (Phi) is 5.05. The van der Waals surface area contributed by atoms with Crippen molar-refractivity contribution in [1.29, 1.82) is 0 Å². The molecule has 0 aliphatic carbocycles. The molecule has 6 nitrogen and oxygen atoms in total. The number of carboxylic acids is 1. The molecular formula is C18H21N3O3. The van der Waals surface area contributed by atoms with Crippen LogP contribution in [0, 0.1) is 6.92 Å². The van der Waals surface area contributed by atoms with Gasteiger partial charge in [0.2, 0.25) is 0 Å². The molecule has 2 heterocycles. The Morgan fingerprint density at radius 3 is 2.83 bits per heavy atom. The summed E-state index contributed by atoms with van der Waals surface area (Å²) in [5.41, 5.74) is 1.77. The predicted molar refractivity (Wildman–Crippen MR) is 90.1 cm³/mol. The molecule has 2 unspecified atom stereocenters. The summed E-state index contributed by atoms with van der Waals surface area (Å²) < 4.78 is 6.19. The van der Waals surface area contributed by atoms with Gasteiger partial charge in [-0.3, -0.25) is 0 Å². The summed E-state index contributed by atoms with van der Waals surface area (Å²) in [7, 11) is 0. The van der Waals surface area contributed by atoms with E-state index in [1.54, 1.807) is 6.92 Å². The SMILES string of the molecule is Cc1c(NCC2CCCC(c3ccccc3)O2)ncnc1C(=O)O. The van der Waals surface area contributed by atoms with E-state index in [0.717, 1.165) is 19.3 Å². The number of anilines is 1. The van der Waals surface area contributed by atoms with E-state index in [0.29, 0.717) is 17.9 Å². The van der Waals surface area contributed by atoms with Gasteiger partial charge in [-0.15, -0.1) is 0 Å². The first-order valence-electron chi connectivity index (χ1n) is 8.14.